The molecule has 7 heteroatoms. The van der Waals surface area contributed by atoms with Crippen LogP contribution in [0, 0.1) is 0 Å². The van der Waals surface area contributed by atoms with Gasteiger partial charge >= 0.3 is 35.5 Å². The van der Waals surface area contributed by atoms with Gasteiger partial charge < -0.3 is 20.3 Å². The van der Waals surface area contributed by atoms with Crippen LogP contribution >= 0.6 is 0 Å². The number of rotatable bonds is 5. The summed E-state index contributed by atoms with van der Waals surface area (Å²) in [6, 6.07) is 6.36. The van der Waals surface area contributed by atoms with E-state index in [1.807, 2.05) is 0 Å². The van der Waals surface area contributed by atoms with Crippen molar-refractivity contribution in [1.29, 1.82) is 0 Å². The monoisotopic (exact) mass is 259 g/mol. The number of aliphatic carboxylic acids is 2. The van der Waals surface area contributed by atoms with E-state index in [1.54, 1.807) is 18.2 Å². The van der Waals surface area contributed by atoms with Gasteiger partial charge in [-0.15, -0.1) is 0 Å². The van der Waals surface area contributed by atoms with Crippen molar-refractivity contribution in [2.45, 2.75) is 12.5 Å². The van der Waals surface area contributed by atoms with Crippen molar-refractivity contribution >= 4 is 17.8 Å². The number of hydrogen-bond donors (Lipinski definition) is 2. The van der Waals surface area contributed by atoms with Crippen LogP contribution in [0.4, 0.5) is 0 Å². The second-order valence-electron chi connectivity index (χ2n) is 3.31. The number of amides is 1. The molecule has 1 atom stereocenters. The zero-order valence-electron chi connectivity index (χ0n) is 9.75. The Balaban J connectivity index is 0.00000289. The van der Waals surface area contributed by atoms with Crippen molar-refractivity contribution in [2.75, 3.05) is 0 Å². The molecule has 0 radical (unpaired) electrons. The SMILES string of the molecule is O=C(O)CC(NC(=O)c1ccccc1)C(=O)[O-].[Na+]. The molecule has 0 saturated heterocycles. The average Bonchev–Trinajstić information content (AvgIpc) is 2.28. The van der Waals surface area contributed by atoms with Crippen LogP contribution in [0.2, 0.25) is 0 Å². The fourth-order valence-corrected chi connectivity index (χ4v) is 1.20. The first-order valence-corrected chi connectivity index (χ1v) is 4.79. The van der Waals surface area contributed by atoms with E-state index < -0.39 is 30.3 Å². The van der Waals surface area contributed by atoms with Crippen LogP contribution in [0.15, 0.2) is 30.3 Å². The smallest absolute Gasteiger partial charge is 0.548 e. The Morgan fingerprint density at radius 3 is 2.22 bits per heavy atom. The molecule has 90 valence electrons. The van der Waals surface area contributed by atoms with Gasteiger partial charge in [0.05, 0.1) is 18.4 Å². The summed E-state index contributed by atoms with van der Waals surface area (Å²) < 4.78 is 0. The van der Waals surface area contributed by atoms with Crippen molar-refractivity contribution < 1.29 is 54.2 Å². The van der Waals surface area contributed by atoms with Crippen LogP contribution in [0.25, 0.3) is 0 Å². The fraction of sp³-hybridized carbons (Fsp3) is 0.182. The molecule has 18 heavy (non-hydrogen) atoms. The summed E-state index contributed by atoms with van der Waals surface area (Å²) in [6.45, 7) is 0. The number of benzene rings is 1. The Hall–Kier alpha value is -1.37. The molecule has 0 aromatic heterocycles. The topological polar surface area (TPSA) is 107 Å². The van der Waals surface area contributed by atoms with E-state index in [9.17, 15) is 19.5 Å². The zero-order chi connectivity index (χ0) is 12.8. The third-order valence-corrected chi connectivity index (χ3v) is 2.00. The van der Waals surface area contributed by atoms with E-state index in [0.29, 0.717) is 0 Å². The first-order valence-electron chi connectivity index (χ1n) is 4.79. The van der Waals surface area contributed by atoms with E-state index in [-0.39, 0.29) is 35.1 Å². The van der Waals surface area contributed by atoms with Crippen LogP contribution < -0.4 is 40.0 Å². The Labute approximate surface area is 125 Å². The minimum atomic E-state index is -1.63. The molecule has 0 saturated carbocycles. The van der Waals surface area contributed by atoms with Gasteiger partial charge in [0, 0.05) is 5.56 Å². The van der Waals surface area contributed by atoms with Crippen molar-refractivity contribution in [3.8, 4) is 0 Å². The summed E-state index contributed by atoms with van der Waals surface area (Å²) in [5.74, 6) is -3.61. The number of carboxylic acids is 2. The van der Waals surface area contributed by atoms with Gasteiger partial charge in [0.2, 0.25) is 0 Å². The van der Waals surface area contributed by atoms with Crippen molar-refractivity contribution in [1.82, 2.24) is 5.32 Å². The van der Waals surface area contributed by atoms with Gasteiger partial charge in [-0.1, -0.05) is 18.2 Å². The Morgan fingerprint density at radius 2 is 1.78 bits per heavy atom. The van der Waals surface area contributed by atoms with E-state index in [0.717, 1.165) is 0 Å². The van der Waals surface area contributed by atoms with E-state index in [2.05, 4.69) is 5.32 Å². The van der Waals surface area contributed by atoms with E-state index >= 15 is 0 Å². The maximum Gasteiger partial charge on any atom is 1.00 e. The summed E-state index contributed by atoms with van der Waals surface area (Å²) in [7, 11) is 0. The molecular weight excluding hydrogens is 249 g/mol. The minimum absolute atomic E-state index is 0. The second-order valence-corrected chi connectivity index (χ2v) is 3.31. The molecule has 1 aromatic rings. The fourth-order valence-electron chi connectivity index (χ4n) is 1.20. The first kappa shape index (κ1) is 16.6. The van der Waals surface area contributed by atoms with Crippen molar-refractivity contribution in [2.24, 2.45) is 0 Å². The van der Waals surface area contributed by atoms with Crippen LogP contribution in [-0.4, -0.2) is 29.0 Å². The summed E-state index contributed by atoms with van der Waals surface area (Å²) >= 11 is 0. The second kappa shape index (κ2) is 7.86. The third kappa shape index (κ3) is 5.31. The van der Waals surface area contributed by atoms with Crippen LogP contribution in [-0.2, 0) is 9.59 Å². The number of nitrogens with one attached hydrogen (secondary N) is 1. The van der Waals surface area contributed by atoms with Gasteiger partial charge in [-0.25, -0.2) is 0 Å². The number of hydrogen-bond acceptors (Lipinski definition) is 4. The van der Waals surface area contributed by atoms with E-state index in [1.165, 1.54) is 12.1 Å². The van der Waals surface area contributed by atoms with Gasteiger partial charge in [-0.05, 0) is 12.1 Å². The van der Waals surface area contributed by atoms with Crippen LogP contribution in [0.3, 0.4) is 0 Å². The van der Waals surface area contributed by atoms with Crippen molar-refractivity contribution in [3.05, 3.63) is 35.9 Å². The summed E-state index contributed by atoms with van der Waals surface area (Å²) in [4.78, 5) is 32.5. The minimum Gasteiger partial charge on any atom is -0.548 e. The Bertz CT molecular complexity index is 434. The van der Waals surface area contributed by atoms with Gasteiger partial charge in [-0.2, -0.15) is 0 Å². The third-order valence-electron chi connectivity index (χ3n) is 2.00. The molecule has 1 rings (SSSR count). The normalized spacial score (nSPS) is 10.9. The molecular formula is C11H10NNaO5. The molecule has 6 nitrogen and oxygen atoms in total. The molecule has 0 aliphatic heterocycles. The summed E-state index contributed by atoms with van der Waals surface area (Å²) in [5, 5.41) is 21.2. The van der Waals surface area contributed by atoms with Gasteiger partial charge in [-0.3, -0.25) is 9.59 Å². The standard InChI is InChI=1S/C11H11NO5.Na/c13-9(14)6-8(11(16)17)12-10(15)7-4-2-1-3-5-7;/h1-5,8H,6H2,(H,12,15)(H,13,14)(H,16,17);/q;+1/p-1. The first-order chi connectivity index (χ1) is 8.00. The molecule has 0 bridgehead atoms. The quantitative estimate of drug-likeness (QED) is 0.524. The molecule has 1 aromatic carbocycles. The summed E-state index contributed by atoms with van der Waals surface area (Å²) in [5.41, 5.74) is 0.254. The maximum atomic E-state index is 11.5. The van der Waals surface area contributed by atoms with Gasteiger partial charge in [0.15, 0.2) is 0 Å². The zero-order valence-corrected chi connectivity index (χ0v) is 11.8. The molecule has 0 aliphatic rings. The molecule has 0 spiro atoms. The van der Waals surface area contributed by atoms with Crippen LogP contribution in [0.5, 0.6) is 0 Å². The predicted octanol–water partition coefficient (Wildman–Crippen LogP) is -3.99. The molecule has 0 aliphatic carbocycles. The summed E-state index contributed by atoms with van der Waals surface area (Å²) in [6.07, 6.45) is -0.721. The molecule has 0 heterocycles. The largest absolute Gasteiger partial charge is 1.00 e. The molecule has 2 N–H and O–H groups in total. The van der Waals surface area contributed by atoms with Crippen molar-refractivity contribution in [3.63, 3.8) is 0 Å². The number of carboxylic acid groups (broad SMARTS) is 2. The van der Waals surface area contributed by atoms with Crippen LogP contribution in [0.1, 0.15) is 16.8 Å². The number of carbonyl (C=O) groups is 3. The van der Waals surface area contributed by atoms with Gasteiger partial charge in [0.1, 0.15) is 0 Å². The molecule has 1 unspecified atom stereocenters. The molecule has 0 fully saturated rings. The van der Waals surface area contributed by atoms with Gasteiger partial charge in [0.25, 0.3) is 5.91 Å². The van der Waals surface area contributed by atoms with E-state index in [4.69, 9.17) is 5.11 Å². The Morgan fingerprint density at radius 1 is 1.22 bits per heavy atom. The molecule has 1 amide bonds. The number of carbonyl (C=O) groups excluding carboxylic acids is 2. The maximum absolute atomic E-state index is 11.5. The predicted molar refractivity (Wildman–Crippen MR) is 55.0 cm³/mol. The average molecular weight is 259 g/mol. The Kier molecular flexibility index (Phi) is 7.26.